The molecule has 1 fully saturated rings. The first-order valence-corrected chi connectivity index (χ1v) is 15.8. The Balaban J connectivity index is 0.000000804. The highest BCUT2D eigenvalue weighted by molar-refractivity contribution is 5.88. The van der Waals surface area contributed by atoms with Gasteiger partial charge in [0, 0.05) is 19.2 Å². The van der Waals surface area contributed by atoms with Crippen molar-refractivity contribution in [3.8, 4) is 11.1 Å². The average molecular weight is 671 g/mol. The Hall–Kier alpha value is -4.94. The number of alkyl halides is 3. The fraction of sp³-hybridized carbons (Fsp3) is 0.400. The third-order valence-corrected chi connectivity index (χ3v) is 7.86. The molecule has 1 saturated carbocycles. The summed E-state index contributed by atoms with van der Waals surface area (Å²) in [6, 6.07) is 21.7. The molecule has 5 N–H and O–H groups in total. The Morgan fingerprint density at radius 2 is 1.46 bits per heavy atom. The number of aromatic nitrogens is 1. The number of carboxylic acids is 2. The summed E-state index contributed by atoms with van der Waals surface area (Å²) in [5.41, 5.74) is 2.78. The van der Waals surface area contributed by atoms with E-state index in [4.69, 9.17) is 9.90 Å². The fourth-order valence-electron chi connectivity index (χ4n) is 5.42. The van der Waals surface area contributed by atoms with Crippen LogP contribution in [0.25, 0.3) is 11.1 Å². The number of carbonyl (C=O) groups excluding carboxylic acids is 2. The molecule has 1 heterocycles. The van der Waals surface area contributed by atoms with Crippen molar-refractivity contribution in [1.29, 1.82) is 0 Å². The molecular weight excluding hydrogens is 629 g/mol. The van der Waals surface area contributed by atoms with Crippen LogP contribution in [0.1, 0.15) is 69.4 Å². The molecule has 1 aliphatic carbocycles. The van der Waals surface area contributed by atoms with E-state index in [-0.39, 0.29) is 24.7 Å². The maximum atomic E-state index is 13.6. The number of halogens is 3. The normalized spacial score (nSPS) is 14.4. The lowest BCUT2D eigenvalue weighted by atomic mass is 9.84. The zero-order valence-corrected chi connectivity index (χ0v) is 26.4. The molecule has 258 valence electrons. The van der Waals surface area contributed by atoms with Crippen LogP contribution >= 0.6 is 0 Å². The number of hydrogen-bond acceptors (Lipinski definition) is 6. The predicted octanol–water partition coefficient (Wildman–Crippen LogP) is 6.36. The number of carboxylic acid groups (broad SMARTS) is 2. The number of carbonyl (C=O) groups is 4. The fourth-order valence-corrected chi connectivity index (χ4v) is 5.42. The van der Waals surface area contributed by atoms with E-state index in [0.717, 1.165) is 42.6 Å². The highest BCUT2D eigenvalue weighted by Crippen LogP contribution is 2.28. The number of benzene rings is 2. The van der Waals surface area contributed by atoms with Crippen molar-refractivity contribution in [2.45, 2.75) is 76.0 Å². The van der Waals surface area contributed by atoms with Gasteiger partial charge < -0.3 is 26.2 Å². The zero-order valence-electron chi connectivity index (χ0n) is 26.4. The van der Waals surface area contributed by atoms with Crippen molar-refractivity contribution in [2.75, 3.05) is 11.9 Å². The first kappa shape index (κ1) is 37.5. The summed E-state index contributed by atoms with van der Waals surface area (Å²) in [6.45, 7) is 0.587. The van der Waals surface area contributed by atoms with E-state index in [2.05, 4.69) is 20.9 Å². The van der Waals surface area contributed by atoms with Gasteiger partial charge in [-0.3, -0.25) is 14.4 Å². The largest absolute Gasteiger partial charge is 0.490 e. The second-order valence-electron chi connectivity index (χ2n) is 11.6. The molecule has 10 nitrogen and oxygen atoms in total. The molecular formula is C35H41F3N4O6. The summed E-state index contributed by atoms with van der Waals surface area (Å²) in [7, 11) is 0. The quantitative estimate of drug-likeness (QED) is 0.124. The smallest absolute Gasteiger partial charge is 0.481 e. The molecule has 4 rings (SSSR count). The SMILES string of the molecule is O=C(O)C(F)(F)F.O=C(O)CC(NC(=O)[C@@H](CC1CCCCC1)NC(=O)CCCNc1ccccn1)c1ccc(-c2ccccc2)cc1. The minimum atomic E-state index is -5.08. The van der Waals surface area contributed by atoms with Crippen molar-refractivity contribution in [1.82, 2.24) is 15.6 Å². The lowest BCUT2D eigenvalue weighted by Gasteiger charge is -2.28. The first-order valence-electron chi connectivity index (χ1n) is 15.8. The van der Waals surface area contributed by atoms with Crippen LogP contribution in [0.3, 0.4) is 0 Å². The van der Waals surface area contributed by atoms with Gasteiger partial charge in [-0.15, -0.1) is 0 Å². The maximum Gasteiger partial charge on any atom is 0.490 e. The first-order chi connectivity index (χ1) is 22.9. The van der Waals surface area contributed by atoms with Crippen molar-refractivity contribution in [2.24, 2.45) is 5.92 Å². The maximum absolute atomic E-state index is 13.6. The molecule has 1 aliphatic rings. The summed E-state index contributed by atoms with van der Waals surface area (Å²) in [5.74, 6) is -3.18. The Morgan fingerprint density at radius 1 is 0.833 bits per heavy atom. The van der Waals surface area contributed by atoms with E-state index in [1.807, 2.05) is 72.8 Å². The molecule has 0 radical (unpaired) electrons. The van der Waals surface area contributed by atoms with Gasteiger partial charge in [0.25, 0.3) is 0 Å². The minimum Gasteiger partial charge on any atom is -0.481 e. The van der Waals surface area contributed by atoms with E-state index < -0.39 is 30.2 Å². The van der Waals surface area contributed by atoms with Crippen LogP contribution in [0.2, 0.25) is 0 Å². The van der Waals surface area contributed by atoms with E-state index in [9.17, 15) is 32.7 Å². The van der Waals surface area contributed by atoms with Crippen LogP contribution in [-0.2, 0) is 19.2 Å². The second kappa shape index (κ2) is 19.0. The predicted molar refractivity (Wildman–Crippen MR) is 174 cm³/mol. The molecule has 0 saturated heterocycles. The van der Waals surface area contributed by atoms with Crippen molar-refractivity contribution >= 4 is 29.6 Å². The third kappa shape index (κ3) is 13.4. The molecule has 0 bridgehead atoms. The molecule has 2 atom stereocenters. The van der Waals surface area contributed by atoms with Gasteiger partial charge in [-0.1, -0.05) is 92.8 Å². The zero-order chi connectivity index (χ0) is 34.9. The van der Waals surface area contributed by atoms with Crippen LogP contribution in [-0.4, -0.2) is 57.7 Å². The number of nitrogens with zero attached hydrogens (tertiary/aromatic N) is 1. The minimum absolute atomic E-state index is 0.189. The van der Waals surface area contributed by atoms with Gasteiger partial charge in [0.2, 0.25) is 11.8 Å². The molecule has 13 heteroatoms. The summed E-state index contributed by atoms with van der Waals surface area (Å²) >= 11 is 0. The van der Waals surface area contributed by atoms with Crippen LogP contribution < -0.4 is 16.0 Å². The summed E-state index contributed by atoms with van der Waals surface area (Å²) < 4.78 is 31.7. The molecule has 0 aliphatic heterocycles. The standard InChI is InChI=1S/C33H40N4O4.C2HF3O2/c38-31(15-9-21-35-30-14-7-8-20-34-30)36-29(22-24-10-3-1-4-11-24)33(41)37-28(23-32(39)40)27-18-16-26(17-19-27)25-12-5-2-6-13-25;3-2(4,5)1(6)7/h2,5-8,12-14,16-20,24,28-29H,1,3-4,9-11,15,21-23H2,(H,34,35)(H,36,38)(H,37,41)(H,39,40);(H,6,7)/t28?,29-;/m1./s1. The Kier molecular flexibility index (Phi) is 14.9. The highest BCUT2D eigenvalue weighted by Gasteiger charge is 2.38. The van der Waals surface area contributed by atoms with Crippen LogP contribution in [0.5, 0.6) is 0 Å². The molecule has 0 spiro atoms. The number of aliphatic carboxylic acids is 2. The van der Waals surface area contributed by atoms with Crippen LogP contribution in [0.15, 0.2) is 79.0 Å². The van der Waals surface area contributed by atoms with Crippen molar-refractivity contribution < 1.29 is 42.6 Å². The molecule has 1 aromatic heterocycles. The Labute approximate surface area is 277 Å². The second-order valence-corrected chi connectivity index (χ2v) is 11.6. The van der Waals surface area contributed by atoms with Gasteiger partial charge >= 0.3 is 18.1 Å². The van der Waals surface area contributed by atoms with E-state index in [0.29, 0.717) is 30.9 Å². The summed E-state index contributed by atoms with van der Waals surface area (Å²) in [6.07, 6.45) is 3.31. The third-order valence-electron chi connectivity index (χ3n) is 7.86. The monoisotopic (exact) mass is 670 g/mol. The molecule has 2 aromatic carbocycles. The number of rotatable bonds is 14. The Bertz CT molecular complexity index is 1450. The van der Waals surface area contributed by atoms with Gasteiger partial charge in [0.15, 0.2) is 0 Å². The number of anilines is 1. The number of pyridine rings is 1. The van der Waals surface area contributed by atoms with Gasteiger partial charge in [-0.25, -0.2) is 9.78 Å². The van der Waals surface area contributed by atoms with E-state index >= 15 is 0 Å². The van der Waals surface area contributed by atoms with Crippen LogP contribution in [0, 0.1) is 5.92 Å². The van der Waals surface area contributed by atoms with Gasteiger partial charge in [-0.05, 0) is 47.6 Å². The lowest BCUT2D eigenvalue weighted by molar-refractivity contribution is -0.192. The highest BCUT2D eigenvalue weighted by atomic mass is 19.4. The molecule has 1 unspecified atom stereocenters. The number of amides is 2. The lowest BCUT2D eigenvalue weighted by Crippen LogP contribution is -2.49. The van der Waals surface area contributed by atoms with Crippen LogP contribution in [0.4, 0.5) is 19.0 Å². The summed E-state index contributed by atoms with van der Waals surface area (Å²) in [4.78, 5) is 51.3. The topological polar surface area (TPSA) is 158 Å². The van der Waals surface area contributed by atoms with Crippen molar-refractivity contribution in [3.05, 3.63) is 84.6 Å². The molecule has 48 heavy (non-hydrogen) atoms. The molecule has 2 amide bonds. The number of nitrogens with one attached hydrogen (secondary N) is 3. The van der Waals surface area contributed by atoms with Gasteiger partial charge in [0.05, 0.1) is 12.5 Å². The Morgan fingerprint density at radius 3 is 2.04 bits per heavy atom. The summed E-state index contributed by atoms with van der Waals surface area (Å²) in [5, 5.41) is 25.8. The van der Waals surface area contributed by atoms with E-state index in [1.165, 1.54) is 6.42 Å². The average Bonchev–Trinajstić information content (AvgIpc) is 3.07. The molecule has 3 aromatic rings. The number of hydrogen-bond donors (Lipinski definition) is 5. The van der Waals surface area contributed by atoms with Crippen molar-refractivity contribution in [3.63, 3.8) is 0 Å². The van der Waals surface area contributed by atoms with Gasteiger partial charge in [-0.2, -0.15) is 13.2 Å². The van der Waals surface area contributed by atoms with Gasteiger partial charge in [0.1, 0.15) is 11.9 Å². The van der Waals surface area contributed by atoms with E-state index in [1.54, 1.807) is 6.20 Å².